The van der Waals surface area contributed by atoms with E-state index in [0.717, 1.165) is 35.6 Å². The summed E-state index contributed by atoms with van der Waals surface area (Å²) in [6.45, 7) is 3.56. The molecule has 1 amide bonds. The van der Waals surface area contributed by atoms with E-state index in [4.69, 9.17) is 4.42 Å². The average Bonchev–Trinajstić information content (AvgIpc) is 3.64. The van der Waals surface area contributed by atoms with Gasteiger partial charge in [-0.15, -0.1) is 0 Å². The number of fused-ring (bicyclic) bond motifs is 1. The van der Waals surface area contributed by atoms with Crippen molar-refractivity contribution in [1.82, 2.24) is 14.8 Å². The third kappa shape index (κ3) is 5.52. The van der Waals surface area contributed by atoms with Crippen LogP contribution in [0.5, 0.6) is 0 Å². The SMILES string of the molecule is O=C(NC1CCC(CCN2CCC(c3coc4ccccc34)CC2)CC1)c1ccc(-n2cccc2)cc1. The summed E-state index contributed by atoms with van der Waals surface area (Å²) < 4.78 is 7.84. The summed E-state index contributed by atoms with van der Waals surface area (Å²) in [5.74, 6) is 1.45. The van der Waals surface area contributed by atoms with Gasteiger partial charge in [0, 0.05) is 40.6 Å². The van der Waals surface area contributed by atoms with Gasteiger partial charge in [-0.2, -0.15) is 0 Å². The van der Waals surface area contributed by atoms with Crippen molar-refractivity contribution in [3.05, 3.63) is 90.4 Å². The first-order valence-corrected chi connectivity index (χ1v) is 14.0. The predicted octanol–water partition coefficient (Wildman–Crippen LogP) is 6.78. The minimum atomic E-state index is 0.0516. The molecule has 2 fully saturated rings. The topological polar surface area (TPSA) is 50.4 Å². The third-order valence-electron chi connectivity index (χ3n) is 8.61. The van der Waals surface area contributed by atoms with Gasteiger partial charge in [-0.3, -0.25) is 4.79 Å². The van der Waals surface area contributed by atoms with Gasteiger partial charge in [0.25, 0.3) is 5.91 Å². The van der Waals surface area contributed by atoms with E-state index in [1.807, 2.05) is 65.7 Å². The second-order valence-electron chi connectivity index (χ2n) is 10.9. The molecule has 2 aliphatic rings. The zero-order valence-electron chi connectivity index (χ0n) is 21.5. The molecule has 2 aromatic carbocycles. The highest BCUT2D eigenvalue weighted by Crippen LogP contribution is 2.35. The second-order valence-corrected chi connectivity index (χ2v) is 10.9. The monoisotopic (exact) mass is 495 g/mol. The Morgan fingerprint density at radius 1 is 0.865 bits per heavy atom. The van der Waals surface area contributed by atoms with Crippen molar-refractivity contribution in [2.24, 2.45) is 5.92 Å². The molecule has 37 heavy (non-hydrogen) atoms. The number of aromatic nitrogens is 1. The highest BCUT2D eigenvalue weighted by atomic mass is 16.3. The van der Waals surface area contributed by atoms with Crippen LogP contribution in [0.3, 0.4) is 0 Å². The van der Waals surface area contributed by atoms with Crippen LogP contribution in [0, 0.1) is 5.92 Å². The Balaban J connectivity index is 0.914. The van der Waals surface area contributed by atoms with Crippen molar-refractivity contribution >= 4 is 16.9 Å². The van der Waals surface area contributed by atoms with Crippen LogP contribution in [0.1, 0.15) is 66.8 Å². The van der Waals surface area contributed by atoms with Crippen molar-refractivity contribution in [3.8, 4) is 5.69 Å². The minimum Gasteiger partial charge on any atom is -0.464 e. The van der Waals surface area contributed by atoms with Gasteiger partial charge in [0.15, 0.2) is 0 Å². The van der Waals surface area contributed by atoms with Gasteiger partial charge < -0.3 is 19.2 Å². The molecule has 1 N–H and O–H groups in total. The fourth-order valence-corrected chi connectivity index (χ4v) is 6.30. The number of carbonyl (C=O) groups excluding carboxylic acids is 1. The molecule has 3 heterocycles. The zero-order valence-corrected chi connectivity index (χ0v) is 21.5. The Morgan fingerprint density at radius 2 is 1.59 bits per heavy atom. The van der Waals surface area contributed by atoms with Crippen molar-refractivity contribution in [2.45, 2.75) is 56.9 Å². The molecule has 2 aromatic heterocycles. The number of hydrogen-bond acceptors (Lipinski definition) is 3. The first-order chi connectivity index (χ1) is 18.2. The van der Waals surface area contributed by atoms with Crippen LogP contribution < -0.4 is 5.32 Å². The van der Waals surface area contributed by atoms with Gasteiger partial charge in [0.05, 0.1) is 6.26 Å². The van der Waals surface area contributed by atoms with E-state index in [-0.39, 0.29) is 5.91 Å². The van der Waals surface area contributed by atoms with Crippen molar-refractivity contribution < 1.29 is 9.21 Å². The van der Waals surface area contributed by atoms with Crippen LogP contribution in [0.4, 0.5) is 0 Å². The molecule has 0 unspecified atom stereocenters. The number of furan rings is 1. The Bertz CT molecular complexity index is 1290. The highest BCUT2D eigenvalue weighted by molar-refractivity contribution is 5.94. The van der Waals surface area contributed by atoms with Gasteiger partial charge in [-0.05, 0) is 119 Å². The second kappa shape index (κ2) is 11.0. The van der Waals surface area contributed by atoms with E-state index in [0.29, 0.717) is 12.0 Å². The molecule has 1 saturated carbocycles. The fourth-order valence-electron chi connectivity index (χ4n) is 6.30. The number of nitrogens with zero attached hydrogens (tertiary/aromatic N) is 2. The molecule has 0 radical (unpaired) electrons. The Labute approximate surface area is 219 Å². The van der Waals surface area contributed by atoms with Crippen LogP contribution >= 0.6 is 0 Å². The maximum Gasteiger partial charge on any atom is 0.251 e. The average molecular weight is 496 g/mol. The number of nitrogens with one attached hydrogen (secondary N) is 1. The first kappa shape index (κ1) is 24.1. The maximum atomic E-state index is 12.8. The predicted molar refractivity (Wildman–Crippen MR) is 148 cm³/mol. The number of amides is 1. The van der Waals surface area contributed by atoms with Gasteiger partial charge in [-0.25, -0.2) is 0 Å². The standard InChI is InChI=1S/C32H37N3O2/c36-32(26-9-13-28(14-10-26)35-18-3-4-19-35)33-27-11-7-24(8-12-27)15-20-34-21-16-25(17-22-34)30-23-37-31-6-2-1-5-29(30)31/h1-6,9-10,13-14,18-19,23-25,27H,7-8,11-12,15-17,20-22H2,(H,33,36). The fraction of sp³-hybridized carbons (Fsp3) is 0.406. The number of rotatable bonds is 7. The van der Waals surface area contributed by atoms with Crippen LogP contribution in [-0.2, 0) is 0 Å². The lowest BCUT2D eigenvalue weighted by Gasteiger charge is -2.34. The van der Waals surface area contributed by atoms with Crippen LogP contribution in [0.2, 0.25) is 0 Å². The number of carbonyl (C=O) groups is 1. The molecule has 192 valence electrons. The molecule has 0 spiro atoms. The number of hydrogen-bond donors (Lipinski definition) is 1. The molecule has 1 saturated heterocycles. The molecule has 1 aliphatic carbocycles. The number of para-hydroxylation sites is 1. The molecule has 0 bridgehead atoms. The molecule has 5 heteroatoms. The summed E-state index contributed by atoms with van der Waals surface area (Å²) in [6, 6.07) is 20.6. The Morgan fingerprint density at radius 3 is 2.35 bits per heavy atom. The quantitative estimate of drug-likeness (QED) is 0.307. The summed E-state index contributed by atoms with van der Waals surface area (Å²) in [7, 11) is 0. The largest absolute Gasteiger partial charge is 0.464 e. The zero-order chi connectivity index (χ0) is 25.0. The van der Waals surface area contributed by atoms with E-state index in [2.05, 4.69) is 28.4 Å². The Hall–Kier alpha value is -3.31. The number of likely N-dealkylation sites (tertiary alicyclic amines) is 1. The lowest BCUT2D eigenvalue weighted by atomic mass is 9.83. The number of piperidine rings is 1. The van der Waals surface area contributed by atoms with Crippen LogP contribution in [-0.4, -0.2) is 41.1 Å². The van der Waals surface area contributed by atoms with Crippen LogP contribution in [0.25, 0.3) is 16.7 Å². The van der Waals surface area contributed by atoms with Crippen molar-refractivity contribution in [1.29, 1.82) is 0 Å². The summed E-state index contributed by atoms with van der Waals surface area (Å²) in [5.41, 5.74) is 4.22. The van der Waals surface area contributed by atoms with Gasteiger partial charge in [0.1, 0.15) is 5.58 Å². The van der Waals surface area contributed by atoms with Crippen LogP contribution in [0.15, 0.2) is 83.7 Å². The van der Waals surface area contributed by atoms with Crippen molar-refractivity contribution in [2.75, 3.05) is 19.6 Å². The van der Waals surface area contributed by atoms with Gasteiger partial charge in [-0.1, -0.05) is 18.2 Å². The third-order valence-corrected chi connectivity index (χ3v) is 8.61. The summed E-state index contributed by atoms with van der Waals surface area (Å²) in [5, 5.41) is 4.57. The smallest absolute Gasteiger partial charge is 0.251 e. The van der Waals surface area contributed by atoms with E-state index in [1.165, 1.54) is 62.7 Å². The normalized spacial score (nSPS) is 21.3. The molecule has 6 rings (SSSR count). The van der Waals surface area contributed by atoms with E-state index >= 15 is 0 Å². The molecular weight excluding hydrogens is 458 g/mol. The Kier molecular flexibility index (Phi) is 7.13. The van der Waals surface area contributed by atoms with Gasteiger partial charge >= 0.3 is 0 Å². The molecular formula is C32H37N3O2. The first-order valence-electron chi connectivity index (χ1n) is 14.0. The molecule has 1 aliphatic heterocycles. The number of benzene rings is 2. The summed E-state index contributed by atoms with van der Waals surface area (Å²) in [6.07, 6.45) is 14.3. The molecule has 4 aromatic rings. The van der Waals surface area contributed by atoms with E-state index in [1.54, 1.807) is 0 Å². The highest BCUT2D eigenvalue weighted by Gasteiger charge is 2.26. The van der Waals surface area contributed by atoms with Crippen molar-refractivity contribution in [3.63, 3.8) is 0 Å². The summed E-state index contributed by atoms with van der Waals surface area (Å²) >= 11 is 0. The van der Waals surface area contributed by atoms with E-state index in [9.17, 15) is 4.79 Å². The minimum absolute atomic E-state index is 0.0516. The lowest BCUT2D eigenvalue weighted by molar-refractivity contribution is 0.0919. The maximum absolute atomic E-state index is 12.8. The van der Waals surface area contributed by atoms with E-state index < -0.39 is 0 Å². The lowest BCUT2D eigenvalue weighted by Crippen LogP contribution is -2.38. The summed E-state index contributed by atoms with van der Waals surface area (Å²) in [4.78, 5) is 15.4. The molecule has 0 atom stereocenters. The van der Waals surface area contributed by atoms with Gasteiger partial charge in [0.2, 0.25) is 0 Å². The molecule has 5 nitrogen and oxygen atoms in total.